The van der Waals surface area contributed by atoms with Gasteiger partial charge in [0.2, 0.25) is 0 Å². The molecule has 1 aliphatic rings. The van der Waals surface area contributed by atoms with E-state index in [-0.39, 0.29) is 10.8 Å². The van der Waals surface area contributed by atoms with Gasteiger partial charge in [0.25, 0.3) is 0 Å². The van der Waals surface area contributed by atoms with E-state index in [0.717, 1.165) is 11.6 Å². The predicted octanol–water partition coefficient (Wildman–Crippen LogP) is 3.86. The number of benzene rings is 1. The van der Waals surface area contributed by atoms with Gasteiger partial charge in [-0.3, -0.25) is 0 Å². The average molecular weight is 294 g/mol. The molecule has 0 amide bonds. The van der Waals surface area contributed by atoms with Crippen LogP contribution >= 0.6 is 12.2 Å². The molecule has 110 valence electrons. The predicted molar refractivity (Wildman–Crippen MR) is 86.7 cm³/mol. The molecular weight excluding hydrogens is 271 g/mol. The largest absolute Gasteiger partial charge is 0.389 e. The number of nitrogens with two attached hydrogens (primary N) is 1. The molecule has 0 atom stereocenters. The van der Waals surface area contributed by atoms with E-state index in [4.69, 9.17) is 18.0 Å². The summed E-state index contributed by atoms with van der Waals surface area (Å²) in [7, 11) is 2.05. The topological polar surface area (TPSA) is 29.3 Å². The summed E-state index contributed by atoms with van der Waals surface area (Å²) in [6, 6.07) is 5.64. The van der Waals surface area contributed by atoms with Gasteiger partial charge in [-0.15, -0.1) is 0 Å². The lowest BCUT2D eigenvalue weighted by molar-refractivity contribution is 0.313. The van der Waals surface area contributed by atoms with Crippen LogP contribution in [0.3, 0.4) is 0 Å². The van der Waals surface area contributed by atoms with Gasteiger partial charge in [0.05, 0.1) is 0 Å². The first-order valence-corrected chi connectivity index (χ1v) is 7.76. The molecule has 0 spiro atoms. The van der Waals surface area contributed by atoms with E-state index in [1.165, 1.54) is 32.1 Å². The third-order valence-corrected chi connectivity index (χ3v) is 4.79. The first-order chi connectivity index (χ1) is 9.52. The van der Waals surface area contributed by atoms with Gasteiger partial charge in [-0.25, -0.2) is 4.39 Å². The van der Waals surface area contributed by atoms with Gasteiger partial charge >= 0.3 is 0 Å². The van der Waals surface area contributed by atoms with Crippen molar-refractivity contribution < 1.29 is 4.39 Å². The standard InChI is InChI=1S/C16H23FN2S/c1-3-11-4-6-12(7-5-11)19(2)13-8-9-14(16(18)20)15(17)10-13/h8-12H,3-7H2,1-2H3,(H2,18,20). The van der Waals surface area contributed by atoms with Crippen molar-refractivity contribution in [3.63, 3.8) is 0 Å². The van der Waals surface area contributed by atoms with Crippen LogP contribution in [0.15, 0.2) is 18.2 Å². The highest BCUT2D eigenvalue weighted by Gasteiger charge is 2.23. The van der Waals surface area contributed by atoms with E-state index in [9.17, 15) is 4.39 Å². The molecule has 1 aromatic carbocycles. The van der Waals surface area contributed by atoms with Crippen LogP contribution in [0.5, 0.6) is 0 Å². The second-order valence-corrected chi connectivity index (χ2v) is 6.16. The Morgan fingerprint density at radius 3 is 2.50 bits per heavy atom. The molecule has 0 bridgehead atoms. The Kier molecular flexibility index (Phi) is 4.97. The fourth-order valence-corrected chi connectivity index (χ4v) is 3.24. The Hall–Kier alpha value is -1.16. The van der Waals surface area contributed by atoms with Gasteiger partial charge in [0, 0.05) is 24.3 Å². The van der Waals surface area contributed by atoms with Crippen LogP contribution in [0.4, 0.5) is 10.1 Å². The van der Waals surface area contributed by atoms with Crippen molar-refractivity contribution in [1.29, 1.82) is 0 Å². The molecular formula is C16H23FN2S. The maximum atomic E-state index is 14.0. The maximum Gasteiger partial charge on any atom is 0.135 e. The summed E-state index contributed by atoms with van der Waals surface area (Å²) in [5.74, 6) is 0.539. The Morgan fingerprint density at radius 1 is 1.35 bits per heavy atom. The van der Waals surface area contributed by atoms with Crippen molar-refractivity contribution in [2.24, 2.45) is 11.7 Å². The van der Waals surface area contributed by atoms with Gasteiger partial charge < -0.3 is 10.6 Å². The van der Waals surface area contributed by atoms with Crippen LogP contribution in [-0.4, -0.2) is 18.1 Å². The molecule has 2 nitrogen and oxygen atoms in total. The second kappa shape index (κ2) is 6.53. The molecule has 20 heavy (non-hydrogen) atoms. The van der Waals surface area contributed by atoms with Crippen molar-refractivity contribution >= 4 is 22.9 Å². The number of rotatable bonds is 4. The van der Waals surface area contributed by atoms with E-state index in [1.807, 2.05) is 13.1 Å². The molecule has 0 unspecified atom stereocenters. The molecule has 2 N–H and O–H groups in total. The van der Waals surface area contributed by atoms with Gasteiger partial charge in [-0.1, -0.05) is 25.6 Å². The van der Waals surface area contributed by atoms with E-state index >= 15 is 0 Å². The number of halogens is 1. The zero-order chi connectivity index (χ0) is 14.7. The summed E-state index contributed by atoms with van der Waals surface area (Å²) in [5.41, 5.74) is 6.72. The summed E-state index contributed by atoms with van der Waals surface area (Å²) in [4.78, 5) is 2.30. The first kappa shape index (κ1) is 15.2. The molecule has 0 radical (unpaired) electrons. The fourth-order valence-electron chi connectivity index (χ4n) is 3.07. The van der Waals surface area contributed by atoms with Crippen LogP contribution in [0.1, 0.15) is 44.6 Å². The minimum Gasteiger partial charge on any atom is -0.389 e. The van der Waals surface area contributed by atoms with Gasteiger partial charge in [0.15, 0.2) is 0 Å². The maximum absolute atomic E-state index is 14.0. The monoisotopic (exact) mass is 294 g/mol. The number of nitrogens with zero attached hydrogens (tertiary/aromatic N) is 1. The molecule has 0 aromatic heterocycles. The number of thiocarbonyl (C=S) groups is 1. The Labute approximate surface area is 126 Å². The summed E-state index contributed by atoms with van der Waals surface area (Å²) in [5, 5.41) is 0. The Balaban J connectivity index is 2.08. The molecule has 0 aliphatic heterocycles. The SMILES string of the molecule is CCC1CCC(N(C)c2ccc(C(N)=S)c(F)c2)CC1. The summed E-state index contributed by atoms with van der Waals surface area (Å²) in [6.45, 7) is 2.26. The Morgan fingerprint density at radius 2 is 2.00 bits per heavy atom. The van der Waals surface area contributed by atoms with Crippen molar-refractivity contribution in [3.05, 3.63) is 29.6 Å². The van der Waals surface area contributed by atoms with Gasteiger partial charge in [-0.05, 0) is 49.8 Å². The van der Waals surface area contributed by atoms with Crippen LogP contribution in [-0.2, 0) is 0 Å². The van der Waals surface area contributed by atoms with Crippen LogP contribution in [0.25, 0.3) is 0 Å². The fraction of sp³-hybridized carbons (Fsp3) is 0.562. The van der Waals surface area contributed by atoms with Gasteiger partial charge in [0.1, 0.15) is 10.8 Å². The van der Waals surface area contributed by atoms with Crippen LogP contribution < -0.4 is 10.6 Å². The van der Waals surface area contributed by atoms with Crippen molar-refractivity contribution in [3.8, 4) is 0 Å². The molecule has 0 heterocycles. The lowest BCUT2D eigenvalue weighted by Crippen LogP contribution is -2.35. The number of hydrogen-bond donors (Lipinski definition) is 1. The molecule has 0 saturated heterocycles. The molecule has 1 aliphatic carbocycles. The van der Waals surface area contributed by atoms with Crippen LogP contribution in [0.2, 0.25) is 0 Å². The van der Waals surface area contributed by atoms with Crippen molar-refractivity contribution in [2.45, 2.75) is 45.1 Å². The van der Waals surface area contributed by atoms with Crippen LogP contribution in [0, 0.1) is 11.7 Å². The highest BCUT2D eigenvalue weighted by atomic mass is 32.1. The highest BCUT2D eigenvalue weighted by molar-refractivity contribution is 7.80. The minimum atomic E-state index is -0.330. The van der Waals surface area contributed by atoms with E-state index < -0.39 is 0 Å². The molecule has 1 fully saturated rings. The minimum absolute atomic E-state index is 0.111. The second-order valence-electron chi connectivity index (χ2n) is 5.72. The molecule has 2 rings (SSSR count). The molecule has 1 saturated carbocycles. The van der Waals surface area contributed by atoms with Gasteiger partial charge in [-0.2, -0.15) is 0 Å². The molecule has 4 heteroatoms. The lowest BCUT2D eigenvalue weighted by Gasteiger charge is -2.36. The van der Waals surface area contributed by atoms with E-state index in [2.05, 4.69) is 11.8 Å². The third-order valence-electron chi connectivity index (χ3n) is 4.57. The quantitative estimate of drug-likeness (QED) is 0.855. The first-order valence-electron chi connectivity index (χ1n) is 7.35. The third kappa shape index (κ3) is 3.29. The lowest BCUT2D eigenvalue weighted by atomic mass is 9.84. The summed E-state index contributed by atoms with van der Waals surface area (Å²) in [6.07, 6.45) is 6.20. The smallest absolute Gasteiger partial charge is 0.135 e. The molecule has 1 aromatic rings. The average Bonchev–Trinajstić information content (AvgIpc) is 2.46. The Bertz CT molecular complexity index is 481. The summed E-state index contributed by atoms with van der Waals surface area (Å²) < 4.78 is 14.0. The number of hydrogen-bond acceptors (Lipinski definition) is 2. The zero-order valence-electron chi connectivity index (χ0n) is 12.2. The zero-order valence-corrected chi connectivity index (χ0v) is 13.0. The van der Waals surface area contributed by atoms with Crippen molar-refractivity contribution in [1.82, 2.24) is 0 Å². The summed E-state index contributed by atoms with van der Waals surface area (Å²) >= 11 is 4.83. The normalized spacial score (nSPS) is 22.6. The highest BCUT2D eigenvalue weighted by Crippen LogP contribution is 2.31. The van der Waals surface area contributed by atoms with Crippen molar-refractivity contribution in [2.75, 3.05) is 11.9 Å². The van der Waals surface area contributed by atoms with E-state index in [0.29, 0.717) is 11.6 Å². The number of anilines is 1. The van der Waals surface area contributed by atoms with E-state index in [1.54, 1.807) is 12.1 Å².